The number of hydrogen-bond acceptors (Lipinski definition) is 21. The molecule has 3 aliphatic carbocycles. The van der Waals surface area contributed by atoms with Gasteiger partial charge in [-0.15, -0.1) is 0 Å². The summed E-state index contributed by atoms with van der Waals surface area (Å²) >= 11 is 5.90. The first-order valence-corrected chi connectivity index (χ1v) is 34.0. The highest BCUT2D eigenvalue weighted by molar-refractivity contribution is 6.30. The number of carbonyl (C=O) groups is 13. The van der Waals surface area contributed by atoms with Gasteiger partial charge in [-0.2, -0.15) is 0 Å². The van der Waals surface area contributed by atoms with Crippen molar-refractivity contribution < 1.29 is 101 Å². The third kappa shape index (κ3) is 18.2. The second kappa shape index (κ2) is 33.8. The van der Waals surface area contributed by atoms with Crippen LogP contribution in [0.25, 0.3) is 6.08 Å². The molecule has 1 aliphatic heterocycles. The minimum atomic E-state index is -2.57. The number of ketones is 1. The van der Waals surface area contributed by atoms with Gasteiger partial charge in [-0.3, -0.25) is 52.7 Å². The molecule has 0 spiro atoms. The number of carbonyl (C=O) groups excluding carboxylic acids is 13. The smallest absolute Gasteiger partial charge is 0.350 e. The topological polar surface area (TPSA) is 430 Å². The number of nitrogens with two attached hydrogens (primary N) is 2. The Kier molecular flexibility index (Phi) is 25.7. The van der Waals surface area contributed by atoms with Gasteiger partial charge in [-0.25, -0.2) is 9.59 Å². The Bertz CT molecular complexity index is 3930. The van der Waals surface area contributed by atoms with Gasteiger partial charge in [0.1, 0.15) is 48.1 Å². The third-order valence-corrected chi connectivity index (χ3v) is 19.8. The molecule has 11 N–H and O–H groups in total. The van der Waals surface area contributed by atoms with Crippen molar-refractivity contribution in [1.29, 1.82) is 0 Å². The van der Waals surface area contributed by atoms with E-state index in [1.807, 2.05) is 0 Å². The van der Waals surface area contributed by atoms with Crippen molar-refractivity contribution in [1.82, 2.24) is 26.6 Å². The number of aliphatic hydroxyl groups is 2. The first-order valence-electron chi connectivity index (χ1n) is 33.6. The number of nitrogens with one attached hydrogen (secondary N) is 5. The maximum absolute atomic E-state index is 15.9. The Labute approximate surface area is 599 Å². The van der Waals surface area contributed by atoms with E-state index in [-0.39, 0.29) is 72.9 Å². The molecular weight excluding hydrogens is 1360 g/mol. The molecule has 4 aliphatic rings. The number of esters is 5. The number of Topliss-reactive ketones (excluding diaryl/α,β-unsaturated/α-hetero) is 1. The van der Waals surface area contributed by atoms with Gasteiger partial charge in [0.05, 0.1) is 36.0 Å². The molecule has 4 aromatic rings. The first kappa shape index (κ1) is 78.6. The molecule has 1 unspecified atom stereocenters. The molecule has 2 saturated carbocycles. The van der Waals surface area contributed by atoms with Gasteiger partial charge in [0, 0.05) is 68.2 Å². The van der Waals surface area contributed by atoms with Crippen molar-refractivity contribution in [2.24, 2.45) is 28.2 Å². The number of amides is 7. The second-order valence-corrected chi connectivity index (χ2v) is 27.2. The Balaban J connectivity index is 0.982. The van der Waals surface area contributed by atoms with Crippen molar-refractivity contribution in [3.8, 4) is 0 Å². The number of unbranched alkanes of at least 4 members (excludes halogenated alkanes) is 1. The van der Waals surface area contributed by atoms with Gasteiger partial charge in [-0.1, -0.05) is 104 Å². The zero-order valence-corrected chi connectivity index (χ0v) is 58.7. The van der Waals surface area contributed by atoms with E-state index in [2.05, 4.69) is 26.6 Å². The predicted octanol–water partition coefficient (Wildman–Crippen LogP) is 3.95. The molecule has 1 heterocycles. The fraction of sp³-hybridized carbons (Fsp3) is 0.446. The molecule has 14 atom stereocenters. The maximum Gasteiger partial charge on any atom is 0.350 e. The SMILES string of the molecule is CC(=O)O[C@H]1C(=O)[C@@]2(C)C([C@H](OC(=O)c3ccccc3)[C@]3(O)C[C@H](OC(=O)[C@H](OC(=O)CCC(=O)NCCCC[C@H](NC(=O)CC[C@H](NC(=O)[C@H](C)NC(=O)/C=C/c4ccc(Cl)cc4)C(N)=O)C(N)=O)[C@H](NC(=O)c4ccccc4)c4ccccc4)C(C)=C1C3(C)C)[C@]1(OC(C)=O)CO[C@@H]1C[C@@H]2O. The molecule has 1 saturated heterocycles. The normalized spacial score (nSPS) is 24.5. The van der Waals surface area contributed by atoms with Crippen LogP contribution < -0.4 is 38.1 Å². The van der Waals surface area contributed by atoms with Crippen molar-refractivity contribution in [3.63, 3.8) is 0 Å². The standard InChI is InChI=1S/C74H86ClN7O21/c1-40-51(38-74(97)64(102-69(95)47-23-15-10-16-24-47)62-72(7,52(85)37-53-73(62,39-98-53)103-43(4)84)63(90)60(99-42(3)83)58(40)71(74,5)6)100-70(96)61(59(45-19-11-8-12-20-45)82-68(94)46-21-13-9-14-22-46)101-57(89)35-34-54(86)78-36-18-17-25-49(65(76)91)80-56(88)33-31-50(66(77)92)81-67(93)41(2)79-55(87)32-28-44-26-29-48(75)30-27-44/h8-16,19-24,26-30,32,41,49-53,59-62,64,85,97H,17-18,25,31,33-39H2,1-7H3,(H2,76,91)(H2,77,92)(H,78,86)(H,79,87)(H,80,88)(H,81,93)(H,82,94)/b32-28+/t41-,49-,50-,51-,52-,53+,59+,60+,61+,62?,64-,72+,73-,74+/m0/s1. The Morgan fingerprint density at radius 3 is 1.92 bits per heavy atom. The highest BCUT2D eigenvalue weighted by Crippen LogP contribution is 2.64. The van der Waals surface area contributed by atoms with Crippen LogP contribution >= 0.6 is 11.6 Å². The van der Waals surface area contributed by atoms with E-state index in [1.54, 1.807) is 78.9 Å². The molecule has 8 rings (SSSR count). The number of ether oxygens (including phenoxy) is 6. The summed E-state index contributed by atoms with van der Waals surface area (Å²) < 4.78 is 37.0. The fourth-order valence-electron chi connectivity index (χ4n) is 14.0. The fourth-order valence-corrected chi connectivity index (χ4v) is 14.1. The molecule has 29 heteroatoms. The summed E-state index contributed by atoms with van der Waals surface area (Å²) in [6.45, 7) is 8.90. The van der Waals surface area contributed by atoms with Crippen LogP contribution in [-0.2, 0) is 81.2 Å². The Morgan fingerprint density at radius 1 is 0.718 bits per heavy atom. The van der Waals surface area contributed by atoms with E-state index < -0.39 is 192 Å². The first-order chi connectivity index (χ1) is 48.7. The van der Waals surface area contributed by atoms with Gasteiger partial charge in [0.25, 0.3) is 5.91 Å². The van der Waals surface area contributed by atoms with Crippen molar-refractivity contribution in [3.05, 3.63) is 160 Å². The molecule has 103 heavy (non-hydrogen) atoms. The van der Waals surface area contributed by atoms with E-state index >= 15 is 9.59 Å². The number of hydrogen-bond donors (Lipinski definition) is 9. The number of aliphatic hydroxyl groups excluding tert-OH is 1. The zero-order chi connectivity index (χ0) is 75.3. The van der Waals surface area contributed by atoms with Crippen LogP contribution in [0.4, 0.5) is 0 Å². The minimum absolute atomic E-state index is 0.00224. The molecule has 550 valence electrons. The summed E-state index contributed by atoms with van der Waals surface area (Å²) in [5.74, 6) is -13.4. The van der Waals surface area contributed by atoms with Gasteiger partial charge < -0.3 is 76.7 Å². The van der Waals surface area contributed by atoms with Crippen molar-refractivity contribution >= 4 is 94.7 Å². The number of rotatable bonds is 30. The summed E-state index contributed by atoms with van der Waals surface area (Å²) in [5, 5.41) is 39.8. The lowest BCUT2D eigenvalue weighted by atomic mass is 9.44. The van der Waals surface area contributed by atoms with Crippen LogP contribution in [0.3, 0.4) is 0 Å². The largest absolute Gasteiger partial charge is 0.455 e. The molecule has 0 radical (unpaired) electrons. The molecule has 0 aromatic heterocycles. The van der Waals surface area contributed by atoms with Gasteiger partial charge >= 0.3 is 29.8 Å². The summed E-state index contributed by atoms with van der Waals surface area (Å²) in [6.07, 6.45) is -10.3. The van der Waals surface area contributed by atoms with E-state index in [0.29, 0.717) is 10.6 Å². The molecule has 3 fully saturated rings. The number of halogens is 1. The quantitative estimate of drug-likeness (QED) is 0.0117. The molecule has 2 bridgehead atoms. The van der Waals surface area contributed by atoms with Crippen LogP contribution in [0.1, 0.15) is 144 Å². The predicted molar refractivity (Wildman–Crippen MR) is 367 cm³/mol. The summed E-state index contributed by atoms with van der Waals surface area (Å²) in [4.78, 5) is 178. The highest BCUT2D eigenvalue weighted by Gasteiger charge is 2.78. The van der Waals surface area contributed by atoms with Crippen molar-refractivity contribution in [2.45, 2.75) is 178 Å². The van der Waals surface area contributed by atoms with Crippen molar-refractivity contribution in [2.75, 3.05) is 13.2 Å². The average Bonchev–Trinajstić information content (AvgIpc) is 0.669. The van der Waals surface area contributed by atoms with Gasteiger partial charge in [0.2, 0.25) is 41.5 Å². The van der Waals surface area contributed by atoms with Crippen LogP contribution in [0, 0.1) is 16.7 Å². The third-order valence-electron chi connectivity index (χ3n) is 19.6. The lowest BCUT2D eigenvalue weighted by Crippen LogP contribution is -2.82. The summed E-state index contributed by atoms with van der Waals surface area (Å²) in [5.41, 5.74) is 3.57. The van der Waals surface area contributed by atoms with Crippen LogP contribution in [0.2, 0.25) is 5.02 Å². The second-order valence-electron chi connectivity index (χ2n) is 26.8. The highest BCUT2D eigenvalue weighted by atomic mass is 35.5. The Hall–Kier alpha value is -10.2. The van der Waals surface area contributed by atoms with Crippen LogP contribution in [0.15, 0.2) is 132 Å². The summed E-state index contributed by atoms with van der Waals surface area (Å²) in [7, 11) is 0. The lowest BCUT2D eigenvalue weighted by Gasteiger charge is -2.67. The maximum atomic E-state index is 15.9. The van der Waals surface area contributed by atoms with Crippen LogP contribution in [-0.4, -0.2) is 166 Å². The molecule has 7 amide bonds. The molecular formula is C74H86ClN7O21. The van der Waals surface area contributed by atoms with E-state index in [4.69, 9.17) is 51.5 Å². The number of benzene rings is 4. The van der Waals surface area contributed by atoms with Gasteiger partial charge in [-0.05, 0) is 111 Å². The lowest BCUT2D eigenvalue weighted by molar-refractivity contribution is -0.346. The monoisotopic (exact) mass is 1440 g/mol. The Morgan fingerprint density at radius 2 is 1.33 bits per heavy atom. The zero-order valence-electron chi connectivity index (χ0n) is 57.9. The molecule has 4 aromatic carbocycles. The summed E-state index contributed by atoms with van der Waals surface area (Å²) in [6, 6.07) is 24.7. The van der Waals surface area contributed by atoms with E-state index in [0.717, 1.165) is 13.8 Å². The van der Waals surface area contributed by atoms with E-state index in [9.17, 15) is 63.0 Å². The molecule has 28 nitrogen and oxygen atoms in total. The van der Waals surface area contributed by atoms with E-state index in [1.165, 1.54) is 83.2 Å². The number of fused-ring (bicyclic) bond motifs is 5. The minimum Gasteiger partial charge on any atom is -0.455 e. The van der Waals surface area contributed by atoms with Crippen LogP contribution in [0.5, 0.6) is 0 Å². The number of primary amides is 2. The average molecular weight is 1440 g/mol. The van der Waals surface area contributed by atoms with Gasteiger partial charge in [0.15, 0.2) is 17.5 Å².